The second-order valence-electron chi connectivity index (χ2n) is 4.26. The van der Waals surface area contributed by atoms with Crippen LogP contribution in [0.15, 0.2) is 16.8 Å². The molecule has 0 spiro atoms. The van der Waals surface area contributed by atoms with Gasteiger partial charge in [-0.15, -0.1) is 0 Å². The maximum Gasteiger partial charge on any atom is 0.239 e. The van der Waals surface area contributed by atoms with E-state index in [2.05, 4.69) is 16.8 Å². The Morgan fingerprint density at radius 3 is 3.19 bits per heavy atom. The smallest absolute Gasteiger partial charge is 0.239 e. The molecule has 2 unspecified atom stereocenters. The van der Waals surface area contributed by atoms with E-state index < -0.39 is 0 Å². The third kappa shape index (κ3) is 2.13. The molecule has 2 rings (SSSR count). The van der Waals surface area contributed by atoms with E-state index >= 15 is 0 Å². The zero-order valence-corrected chi connectivity index (χ0v) is 10.4. The summed E-state index contributed by atoms with van der Waals surface area (Å²) in [7, 11) is 0. The van der Waals surface area contributed by atoms with Crippen LogP contribution in [0, 0.1) is 0 Å². The van der Waals surface area contributed by atoms with Crippen LogP contribution in [0.5, 0.6) is 0 Å². The van der Waals surface area contributed by atoms with E-state index in [4.69, 9.17) is 5.73 Å². The summed E-state index contributed by atoms with van der Waals surface area (Å²) in [5.41, 5.74) is 7.09. The molecule has 88 valence electrons. The lowest BCUT2D eigenvalue weighted by atomic mass is 10.1. The van der Waals surface area contributed by atoms with E-state index in [0.717, 1.165) is 19.4 Å². The molecule has 2 N–H and O–H groups in total. The zero-order valence-electron chi connectivity index (χ0n) is 9.56. The van der Waals surface area contributed by atoms with E-state index in [1.807, 2.05) is 11.8 Å². The molecule has 2 atom stereocenters. The third-order valence-electron chi connectivity index (χ3n) is 3.22. The van der Waals surface area contributed by atoms with Gasteiger partial charge in [0.25, 0.3) is 0 Å². The lowest BCUT2D eigenvalue weighted by Crippen LogP contribution is -2.42. The van der Waals surface area contributed by atoms with Gasteiger partial charge in [0, 0.05) is 6.54 Å². The van der Waals surface area contributed by atoms with Crippen LogP contribution in [-0.2, 0) is 4.79 Å². The summed E-state index contributed by atoms with van der Waals surface area (Å²) in [5.74, 6) is 0.108. The van der Waals surface area contributed by atoms with Gasteiger partial charge in [0.15, 0.2) is 0 Å². The Bertz CT molecular complexity index is 350. The zero-order chi connectivity index (χ0) is 11.5. The molecule has 1 aliphatic heterocycles. The van der Waals surface area contributed by atoms with Crippen molar-refractivity contribution in [2.45, 2.75) is 38.3 Å². The summed E-state index contributed by atoms with van der Waals surface area (Å²) in [6.07, 6.45) is 2.87. The number of amides is 1. The number of nitrogens with zero attached hydrogens (tertiary/aromatic N) is 1. The van der Waals surface area contributed by atoms with Crippen LogP contribution < -0.4 is 5.73 Å². The first-order valence-electron chi connectivity index (χ1n) is 5.82. The highest BCUT2D eigenvalue weighted by molar-refractivity contribution is 7.07. The quantitative estimate of drug-likeness (QED) is 0.877. The van der Waals surface area contributed by atoms with E-state index in [1.54, 1.807) is 11.3 Å². The van der Waals surface area contributed by atoms with Crippen LogP contribution >= 0.6 is 11.3 Å². The van der Waals surface area contributed by atoms with Crippen molar-refractivity contribution in [1.82, 2.24) is 4.90 Å². The predicted molar refractivity (Wildman–Crippen MR) is 66.3 cm³/mol. The number of carbonyl (C=O) groups is 1. The van der Waals surface area contributed by atoms with Gasteiger partial charge in [-0.3, -0.25) is 4.79 Å². The van der Waals surface area contributed by atoms with Gasteiger partial charge < -0.3 is 10.6 Å². The molecule has 0 aromatic carbocycles. The topological polar surface area (TPSA) is 46.3 Å². The molecule has 16 heavy (non-hydrogen) atoms. The largest absolute Gasteiger partial charge is 0.334 e. The van der Waals surface area contributed by atoms with Crippen LogP contribution in [0.4, 0.5) is 0 Å². The fourth-order valence-electron chi connectivity index (χ4n) is 2.23. The molecule has 1 aliphatic rings. The molecule has 0 aliphatic carbocycles. The van der Waals surface area contributed by atoms with E-state index in [-0.39, 0.29) is 18.0 Å². The molecule has 1 fully saturated rings. The molecule has 0 radical (unpaired) electrons. The number of rotatable bonds is 3. The lowest BCUT2D eigenvalue weighted by molar-refractivity contribution is -0.133. The Labute approximate surface area is 100 Å². The number of carbonyl (C=O) groups excluding carboxylic acids is 1. The Balaban J connectivity index is 2.12. The summed E-state index contributed by atoms with van der Waals surface area (Å²) in [6.45, 7) is 2.81. The average molecular weight is 238 g/mol. The summed E-state index contributed by atoms with van der Waals surface area (Å²) < 4.78 is 0. The van der Waals surface area contributed by atoms with Crippen LogP contribution in [0.25, 0.3) is 0 Å². The summed E-state index contributed by atoms with van der Waals surface area (Å²) >= 11 is 1.69. The Kier molecular flexibility index (Phi) is 3.61. The average Bonchev–Trinajstić information content (AvgIpc) is 2.95. The Hall–Kier alpha value is -0.870. The second-order valence-corrected chi connectivity index (χ2v) is 5.04. The number of hydrogen-bond acceptors (Lipinski definition) is 3. The normalized spacial score (nSPS) is 22.4. The number of nitrogens with two attached hydrogens (primary N) is 1. The predicted octanol–water partition coefficient (Wildman–Crippen LogP) is 2.15. The Morgan fingerprint density at radius 2 is 2.56 bits per heavy atom. The van der Waals surface area contributed by atoms with Crippen molar-refractivity contribution in [3.8, 4) is 0 Å². The third-order valence-corrected chi connectivity index (χ3v) is 3.92. The minimum atomic E-state index is -0.334. The molecule has 3 nitrogen and oxygen atoms in total. The highest BCUT2D eigenvalue weighted by Gasteiger charge is 2.32. The monoisotopic (exact) mass is 238 g/mol. The van der Waals surface area contributed by atoms with Crippen molar-refractivity contribution in [3.05, 3.63) is 22.4 Å². The summed E-state index contributed by atoms with van der Waals surface area (Å²) in [4.78, 5) is 14.0. The number of thiophene rings is 1. The first kappa shape index (κ1) is 11.6. The minimum absolute atomic E-state index is 0.108. The molecule has 1 amide bonds. The van der Waals surface area contributed by atoms with Gasteiger partial charge in [-0.2, -0.15) is 11.3 Å². The summed E-state index contributed by atoms with van der Waals surface area (Å²) in [6, 6.07) is 2.04. The molecule has 0 saturated carbocycles. The fourth-order valence-corrected chi connectivity index (χ4v) is 2.94. The molecular formula is C12H18N2OS. The van der Waals surface area contributed by atoms with Gasteiger partial charge in [-0.1, -0.05) is 6.92 Å². The van der Waals surface area contributed by atoms with Gasteiger partial charge >= 0.3 is 0 Å². The highest BCUT2D eigenvalue weighted by atomic mass is 32.1. The fraction of sp³-hybridized carbons (Fsp3) is 0.583. The van der Waals surface area contributed by atoms with Crippen LogP contribution in [-0.4, -0.2) is 23.4 Å². The molecule has 1 aromatic rings. The summed E-state index contributed by atoms with van der Waals surface area (Å²) in [5, 5.41) is 4.20. The standard InChI is InChI=1S/C12H18N2OS/c1-2-10(13)12(15)14-6-3-4-11(14)9-5-7-16-8-9/h5,7-8,10-11H,2-4,6,13H2,1H3. The van der Waals surface area contributed by atoms with Crippen LogP contribution in [0.3, 0.4) is 0 Å². The van der Waals surface area contributed by atoms with E-state index in [9.17, 15) is 4.79 Å². The molecule has 2 heterocycles. The van der Waals surface area contributed by atoms with Crippen molar-refractivity contribution < 1.29 is 4.79 Å². The van der Waals surface area contributed by atoms with Crippen molar-refractivity contribution in [3.63, 3.8) is 0 Å². The molecule has 1 aromatic heterocycles. The molecule has 4 heteroatoms. The van der Waals surface area contributed by atoms with Crippen molar-refractivity contribution in [1.29, 1.82) is 0 Å². The van der Waals surface area contributed by atoms with Gasteiger partial charge in [-0.05, 0) is 41.7 Å². The Morgan fingerprint density at radius 1 is 1.75 bits per heavy atom. The van der Waals surface area contributed by atoms with Crippen molar-refractivity contribution in [2.24, 2.45) is 5.73 Å². The first-order chi connectivity index (χ1) is 7.74. The molecule has 0 bridgehead atoms. The molecular weight excluding hydrogens is 220 g/mol. The highest BCUT2D eigenvalue weighted by Crippen LogP contribution is 2.33. The second kappa shape index (κ2) is 4.97. The SMILES string of the molecule is CCC(N)C(=O)N1CCCC1c1ccsc1. The maximum absolute atomic E-state index is 12.1. The van der Waals surface area contributed by atoms with Gasteiger partial charge in [0.05, 0.1) is 12.1 Å². The lowest BCUT2D eigenvalue weighted by Gasteiger charge is -2.26. The van der Waals surface area contributed by atoms with Gasteiger partial charge in [0.2, 0.25) is 5.91 Å². The maximum atomic E-state index is 12.1. The van der Waals surface area contributed by atoms with Crippen LogP contribution in [0.2, 0.25) is 0 Å². The van der Waals surface area contributed by atoms with Gasteiger partial charge in [0.1, 0.15) is 0 Å². The van der Waals surface area contributed by atoms with E-state index in [0.29, 0.717) is 6.42 Å². The first-order valence-corrected chi connectivity index (χ1v) is 6.76. The van der Waals surface area contributed by atoms with Crippen molar-refractivity contribution in [2.75, 3.05) is 6.54 Å². The van der Waals surface area contributed by atoms with Gasteiger partial charge in [-0.25, -0.2) is 0 Å². The van der Waals surface area contributed by atoms with E-state index in [1.165, 1.54) is 5.56 Å². The number of likely N-dealkylation sites (tertiary alicyclic amines) is 1. The molecule has 1 saturated heterocycles. The number of hydrogen-bond donors (Lipinski definition) is 1. The minimum Gasteiger partial charge on any atom is -0.334 e. The van der Waals surface area contributed by atoms with Crippen molar-refractivity contribution >= 4 is 17.2 Å². The van der Waals surface area contributed by atoms with Crippen LogP contribution in [0.1, 0.15) is 37.8 Å².